The second-order valence-corrected chi connectivity index (χ2v) is 5.83. The van der Waals surface area contributed by atoms with Gasteiger partial charge < -0.3 is 0 Å². The van der Waals surface area contributed by atoms with E-state index in [1.807, 2.05) is 54.6 Å². The number of nitrogens with one attached hydrogen (secondary N) is 1. The van der Waals surface area contributed by atoms with E-state index in [9.17, 15) is 9.59 Å². The number of benzene rings is 2. The maximum Gasteiger partial charge on any atom is 0.329 e. The summed E-state index contributed by atoms with van der Waals surface area (Å²) in [5.41, 5.74) is 2.19. The highest BCUT2D eigenvalue weighted by atomic mass is 79.9. The number of urea groups is 1. The standard InChI is InChI=1S/C17H13BrN2O2/c18-14-8-6-12(7-9-14)10-15-16(21)19-17(22)20(15)11-13-4-2-1-3-5-13/h1-10H,11H2,(H,19,21,22)/b15-10-. The fourth-order valence-electron chi connectivity index (χ4n) is 2.24. The van der Waals surface area contributed by atoms with Crippen LogP contribution in [0.2, 0.25) is 0 Å². The van der Waals surface area contributed by atoms with E-state index in [1.54, 1.807) is 6.08 Å². The molecule has 1 heterocycles. The number of hydrogen-bond acceptors (Lipinski definition) is 2. The molecular weight excluding hydrogens is 344 g/mol. The quantitative estimate of drug-likeness (QED) is 0.675. The first kappa shape index (κ1) is 14.5. The molecule has 5 heteroatoms. The van der Waals surface area contributed by atoms with Gasteiger partial charge in [-0.2, -0.15) is 0 Å². The van der Waals surface area contributed by atoms with Crippen LogP contribution in [0.3, 0.4) is 0 Å². The van der Waals surface area contributed by atoms with Crippen LogP contribution in [0.4, 0.5) is 4.79 Å². The van der Waals surface area contributed by atoms with Crippen LogP contribution < -0.4 is 5.32 Å². The summed E-state index contributed by atoms with van der Waals surface area (Å²) in [7, 11) is 0. The maximum absolute atomic E-state index is 12.0. The third-order valence-electron chi connectivity index (χ3n) is 3.35. The Hall–Kier alpha value is -2.40. The topological polar surface area (TPSA) is 49.4 Å². The lowest BCUT2D eigenvalue weighted by Crippen LogP contribution is -2.27. The van der Waals surface area contributed by atoms with Crippen molar-refractivity contribution in [2.75, 3.05) is 0 Å². The molecule has 1 fully saturated rings. The van der Waals surface area contributed by atoms with Gasteiger partial charge in [0.2, 0.25) is 0 Å². The van der Waals surface area contributed by atoms with Crippen LogP contribution in [0.25, 0.3) is 6.08 Å². The van der Waals surface area contributed by atoms with Crippen LogP contribution in [0.5, 0.6) is 0 Å². The van der Waals surface area contributed by atoms with Crippen molar-refractivity contribution in [2.24, 2.45) is 0 Å². The Labute approximate surface area is 136 Å². The number of rotatable bonds is 3. The minimum Gasteiger partial charge on any atom is -0.284 e. The molecule has 0 aromatic heterocycles. The molecule has 1 aliphatic rings. The molecule has 0 atom stereocenters. The molecule has 3 amide bonds. The first-order valence-electron chi connectivity index (χ1n) is 6.77. The van der Waals surface area contributed by atoms with E-state index >= 15 is 0 Å². The normalized spacial score (nSPS) is 16.2. The summed E-state index contributed by atoms with van der Waals surface area (Å²) >= 11 is 3.37. The van der Waals surface area contributed by atoms with Gasteiger partial charge in [-0.05, 0) is 29.3 Å². The van der Waals surface area contributed by atoms with E-state index in [1.165, 1.54) is 4.90 Å². The fourth-order valence-corrected chi connectivity index (χ4v) is 2.51. The fraction of sp³-hybridized carbons (Fsp3) is 0.0588. The molecule has 22 heavy (non-hydrogen) atoms. The summed E-state index contributed by atoms with van der Waals surface area (Å²) in [5, 5.41) is 2.34. The molecular formula is C17H13BrN2O2. The molecule has 0 aliphatic carbocycles. The number of carbonyl (C=O) groups is 2. The number of imide groups is 1. The lowest BCUT2D eigenvalue weighted by molar-refractivity contribution is -0.116. The van der Waals surface area contributed by atoms with E-state index in [4.69, 9.17) is 0 Å². The second-order valence-electron chi connectivity index (χ2n) is 4.91. The Bertz CT molecular complexity index is 739. The molecule has 1 saturated heterocycles. The molecule has 0 radical (unpaired) electrons. The number of amides is 3. The largest absolute Gasteiger partial charge is 0.329 e. The van der Waals surface area contributed by atoms with Crippen LogP contribution in [-0.4, -0.2) is 16.8 Å². The average molecular weight is 357 g/mol. The minimum atomic E-state index is -0.391. The smallest absolute Gasteiger partial charge is 0.284 e. The van der Waals surface area contributed by atoms with Gasteiger partial charge in [-0.25, -0.2) is 4.79 Å². The highest BCUT2D eigenvalue weighted by molar-refractivity contribution is 9.10. The van der Waals surface area contributed by atoms with E-state index < -0.39 is 6.03 Å². The predicted molar refractivity (Wildman–Crippen MR) is 87.6 cm³/mol. The molecule has 0 saturated carbocycles. The van der Waals surface area contributed by atoms with E-state index in [0.717, 1.165) is 15.6 Å². The molecule has 2 aromatic rings. The lowest BCUT2D eigenvalue weighted by Gasteiger charge is -2.15. The van der Waals surface area contributed by atoms with Gasteiger partial charge in [-0.1, -0.05) is 58.4 Å². The highest BCUT2D eigenvalue weighted by Gasteiger charge is 2.32. The van der Waals surface area contributed by atoms with Crippen LogP contribution in [-0.2, 0) is 11.3 Å². The van der Waals surface area contributed by atoms with E-state index in [2.05, 4.69) is 21.2 Å². The Kier molecular flexibility index (Phi) is 4.06. The summed E-state index contributed by atoms with van der Waals surface area (Å²) in [6.07, 6.45) is 1.72. The Morgan fingerprint density at radius 1 is 1.00 bits per heavy atom. The molecule has 3 rings (SSSR count). The summed E-state index contributed by atoms with van der Waals surface area (Å²) in [4.78, 5) is 25.5. The van der Waals surface area contributed by atoms with Crippen LogP contribution in [0.1, 0.15) is 11.1 Å². The monoisotopic (exact) mass is 356 g/mol. The van der Waals surface area contributed by atoms with Crippen molar-refractivity contribution >= 4 is 33.9 Å². The van der Waals surface area contributed by atoms with Gasteiger partial charge in [0, 0.05) is 4.47 Å². The Morgan fingerprint density at radius 3 is 2.36 bits per heavy atom. The van der Waals surface area contributed by atoms with Crippen LogP contribution in [0, 0.1) is 0 Å². The zero-order valence-electron chi connectivity index (χ0n) is 11.6. The molecule has 4 nitrogen and oxygen atoms in total. The van der Waals surface area contributed by atoms with E-state index in [0.29, 0.717) is 12.2 Å². The van der Waals surface area contributed by atoms with Gasteiger partial charge in [0.15, 0.2) is 0 Å². The Balaban J connectivity index is 1.91. The summed E-state index contributed by atoms with van der Waals surface area (Å²) in [5.74, 6) is -0.371. The zero-order chi connectivity index (χ0) is 15.5. The molecule has 0 bridgehead atoms. The van der Waals surface area contributed by atoms with Crippen LogP contribution in [0.15, 0.2) is 64.8 Å². The third-order valence-corrected chi connectivity index (χ3v) is 3.87. The summed E-state index contributed by atoms with van der Waals surface area (Å²) in [6.45, 7) is 0.362. The SMILES string of the molecule is O=C1NC(=O)N(Cc2ccccc2)/C1=C\c1ccc(Br)cc1. The van der Waals surface area contributed by atoms with Gasteiger partial charge >= 0.3 is 6.03 Å². The van der Waals surface area contributed by atoms with Gasteiger partial charge in [0.1, 0.15) is 5.70 Å². The number of halogens is 1. The van der Waals surface area contributed by atoms with Crippen molar-refractivity contribution < 1.29 is 9.59 Å². The first-order valence-corrected chi connectivity index (χ1v) is 7.57. The number of carbonyl (C=O) groups excluding carboxylic acids is 2. The van der Waals surface area contributed by atoms with Gasteiger partial charge in [-0.15, -0.1) is 0 Å². The van der Waals surface area contributed by atoms with Crippen LogP contribution >= 0.6 is 15.9 Å². The molecule has 2 aromatic carbocycles. The van der Waals surface area contributed by atoms with E-state index in [-0.39, 0.29) is 5.91 Å². The summed E-state index contributed by atoms with van der Waals surface area (Å²) < 4.78 is 0.961. The molecule has 0 unspecified atom stereocenters. The van der Waals surface area contributed by atoms with Gasteiger partial charge in [0.25, 0.3) is 5.91 Å². The predicted octanol–water partition coefficient (Wildman–Crippen LogP) is 3.54. The summed E-state index contributed by atoms with van der Waals surface area (Å²) in [6, 6.07) is 16.7. The Morgan fingerprint density at radius 2 is 1.68 bits per heavy atom. The van der Waals surface area contributed by atoms with Gasteiger partial charge in [-0.3, -0.25) is 15.0 Å². The minimum absolute atomic E-state index is 0.358. The van der Waals surface area contributed by atoms with Crippen molar-refractivity contribution in [1.82, 2.24) is 10.2 Å². The van der Waals surface area contributed by atoms with Crippen molar-refractivity contribution in [1.29, 1.82) is 0 Å². The lowest BCUT2D eigenvalue weighted by atomic mass is 10.1. The first-order chi connectivity index (χ1) is 10.6. The van der Waals surface area contributed by atoms with Gasteiger partial charge in [0.05, 0.1) is 6.54 Å². The third kappa shape index (κ3) is 3.09. The highest BCUT2D eigenvalue weighted by Crippen LogP contribution is 2.20. The molecule has 1 N–H and O–H groups in total. The van der Waals surface area contributed by atoms with Crippen molar-refractivity contribution in [3.8, 4) is 0 Å². The number of nitrogens with zero attached hydrogens (tertiary/aromatic N) is 1. The van der Waals surface area contributed by atoms with Crippen molar-refractivity contribution in [3.05, 3.63) is 75.9 Å². The average Bonchev–Trinajstić information content (AvgIpc) is 2.77. The van der Waals surface area contributed by atoms with Crippen molar-refractivity contribution in [3.63, 3.8) is 0 Å². The maximum atomic E-state index is 12.0. The molecule has 1 aliphatic heterocycles. The molecule has 0 spiro atoms. The zero-order valence-corrected chi connectivity index (χ0v) is 13.2. The molecule has 110 valence electrons. The second kappa shape index (κ2) is 6.15. The number of hydrogen-bond donors (Lipinski definition) is 1. The van der Waals surface area contributed by atoms with Crippen molar-refractivity contribution in [2.45, 2.75) is 6.54 Å².